The van der Waals surface area contributed by atoms with Gasteiger partial charge in [-0.2, -0.15) is 0 Å². The summed E-state index contributed by atoms with van der Waals surface area (Å²) in [5.41, 5.74) is 6.38. The number of anilines is 2. The van der Waals surface area contributed by atoms with E-state index in [9.17, 15) is 19.2 Å². The van der Waals surface area contributed by atoms with Crippen molar-refractivity contribution in [3.8, 4) is 0 Å². The van der Waals surface area contributed by atoms with Crippen LogP contribution < -0.4 is 27.0 Å². The van der Waals surface area contributed by atoms with Crippen LogP contribution in [0, 0.1) is 5.92 Å². The second-order valence-electron chi connectivity index (χ2n) is 6.90. The zero-order valence-electron chi connectivity index (χ0n) is 16.8. The Morgan fingerprint density at radius 1 is 0.867 bits per heavy atom. The van der Waals surface area contributed by atoms with Gasteiger partial charge in [0, 0.05) is 16.9 Å². The monoisotopic (exact) mass is 411 g/mol. The smallest absolute Gasteiger partial charge is 0.319 e. The average Bonchev–Trinajstić information content (AvgIpc) is 2.71. The molecule has 2 rings (SSSR count). The van der Waals surface area contributed by atoms with Crippen LogP contribution in [0.1, 0.15) is 24.2 Å². The second-order valence-corrected chi connectivity index (χ2v) is 6.90. The van der Waals surface area contributed by atoms with E-state index in [0.29, 0.717) is 16.9 Å². The van der Waals surface area contributed by atoms with E-state index in [4.69, 9.17) is 5.73 Å². The lowest BCUT2D eigenvalue weighted by Crippen LogP contribution is -2.48. The number of hydrogen-bond donors (Lipinski definition) is 5. The summed E-state index contributed by atoms with van der Waals surface area (Å²) in [6.07, 6.45) is 0. The Bertz CT molecular complexity index is 897. The Kier molecular flexibility index (Phi) is 7.92. The molecule has 5 amide bonds. The van der Waals surface area contributed by atoms with E-state index < -0.39 is 23.9 Å². The summed E-state index contributed by atoms with van der Waals surface area (Å²) in [4.78, 5) is 47.5. The first-order chi connectivity index (χ1) is 14.3. The van der Waals surface area contributed by atoms with Gasteiger partial charge >= 0.3 is 6.03 Å². The molecule has 0 saturated heterocycles. The number of benzene rings is 2. The molecule has 1 unspecified atom stereocenters. The highest BCUT2D eigenvalue weighted by Crippen LogP contribution is 2.12. The van der Waals surface area contributed by atoms with E-state index in [0.717, 1.165) is 0 Å². The van der Waals surface area contributed by atoms with Gasteiger partial charge in [-0.05, 0) is 42.3 Å². The third-order valence-electron chi connectivity index (χ3n) is 4.11. The van der Waals surface area contributed by atoms with Crippen molar-refractivity contribution in [3.05, 3.63) is 60.2 Å². The SMILES string of the molecule is CC(C)C(NC(=O)Nc1ccccc1)C(=O)Nc1ccc(C(=O)NCC(N)=O)cc1. The normalized spacial score (nSPS) is 11.3. The van der Waals surface area contributed by atoms with Crippen LogP contribution in [0.3, 0.4) is 0 Å². The maximum atomic E-state index is 12.7. The summed E-state index contributed by atoms with van der Waals surface area (Å²) < 4.78 is 0. The van der Waals surface area contributed by atoms with Crippen molar-refractivity contribution in [2.24, 2.45) is 11.7 Å². The van der Waals surface area contributed by atoms with E-state index in [1.165, 1.54) is 12.1 Å². The van der Waals surface area contributed by atoms with Gasteiger partial charge in [-0.1, -0.05) is 32.0 Å². The fraction of sp³-hybridized carbons (Fsp3) is 0.238. The molecule has 2 aromatic rings. The molecule has 158 valence electrons. The van der Waals surface area contributed by atoms with Crippen LogP contribution in [-0.2, 0) is 9.59 Å². The lowest BCUT2D eigenvalue weighted by atomic mass is 10.0. The summed E-state index contributed by atoms with van der Waals surface area (Å²) in [5, 5.41) is 10.5. The van der Waals surface area contributed by atoms with Crippen LogP contribution in [0.25, 0.3) is 0 Å². The molecule has 0 saturated carbocycles. The quantitative estimate of drug-likeness (QED) is 0.450. The Labute approximate surface area is 174 Å². The highest BCUT2D eigenvalue weighted by atomic mass is 16.2. The highest BCUT2D eigenvalue weighted by molar-refractivity contribution is 6.00. The number of carbonyl (C=O) groups is 4. The fourth-order valence-electron chi connectivity index (χ4n) is 2.56. The summed E-state index contributed by atoms with van der Waals surface area (Å²) in [6, 6.07) is 13.8. The van der Waals surface area contributed by atoms with Crippen molar-refractivity contribution < 1.29 is 19.2 Å². The van der Waals surface area contributed by atoms with Gasteiger partial charge < -0.3 is 27.0 Å². The van der Waals surface area contributed by atoms with Gasteiger partial charge in [-0.3, -0.25) is 14.4 Å². The third kappa shape index (κ3) is 6.93. The molecule has 0 fully saturated rings. The first-order valence-corrected chi connectivity index (χ1v) is 9.36. The zero-order chi connectivity index (χ0) is 22.1. The molecule has 30 heavy (non-hydrogen) atoms. The van der Waals surface area contributed by atoms with Crippen molar-refractivity contribution in [3.63, 3.8) is 0 Å². The van der Waals surface area contributed by atoms with Crippen LogP contribution >= 0.6 is 0 Å². The lowest BCUT2D eigenvalue weighted by Gasteiger charge is -2.22. The van der Waals surface area contributed by atoms with Gasteiger partial charge in [-0.25, -0.2) is 4.79 Å². The molecule has 0 aromatic heterocycles. The molecule has 0 bridgehead atoms. The largest absolute Gasteiger partial charge is 0.368 e. The van der Waals surface area contributed by atoms with E-state index in [1.54, 1.807) is 36.4 Å². The molecule has 0 aliphatic carbocycles. The number of urea groups is 1. The number of amides is 5. The molecule has 9 heteroatoms. The summed E-state index contributed by atoms with van der Waals surface area (Å²) >= 11 is 0. The number of carbonyl (C=O) groups excluding carboxylic acids is 4. The number of primary amides is 1. The van der Waals surface area contributed by atoms with E-state index in [-0.39, 0.29) is 18.4 Å². The van der Waals surface area contributed by atoms with Crippen molar-refractivity contribution in [1.29, 1.82) is 0 Å². The molecular weight excluding hydrogens is 386 g/mol. The topological polar surface area (TPSA) is 142 Å². The fourth-order valence-corrected chi connectivity index (χ4v) is 2.56. The number of nitrogens with two attached hydrogens (primary N) is 1. The van der Waals surface area contributed by atoms with Gasteiger partial charge in [0.05, 0.1) is 6.54 Å². The molecule has 0 aliphatic heterocycles. The molecule has 0 radical (unpaired) electrons. The maximum absolute atomic E-state index is 12.7. The average molecular weight is 411 g/mol. The second kappa shape index (κ2) is 10.6. The van der Waals surface area contributed by atoms with Crippen LogP contribution in [0.4, 0.5) is 16.2 Å². The number of nitrogens with one attached hydrogen (secondary N) is 4. The minimum atomic E-state index is -0.771. The molecular formula is C21H25N5O4. The molecule has 6 N–H and O–H groups in total. The van der Waals surface area contributed by atoms with Gasteiger partial charge in [-0.15, -0.1) is 0 Å². The van der Waals surface area contributed by atoms with E-state index in [1.807, 2.05) is 19.9 Å². The summed E-state index contributed by atoms with van der Waals surface area (Å²) in [6.45, 7) is 3.38. The molecule has 9 nitrogen and oxygen atoms in total. The zero-order valence-corrected chi connectivity index (χ0v) is 16.8. The Morgan fingerprint density at radius 3 is 2.03 bits per heavy atom. The van der Waals surface area contributed by atoms with Crippen molar-refractivity contribution in [2.75, 3.05) is 17.2 Å². The summed E-state index contributed by atoms with van der Waals surface area (Å²) in [5.74, 6) is -1.65. The predicted octanol–water partition coefficient (Wildman–Crippen LogP) is 1.69. The van der Waals surface area contributed by atoms with Crippen LogP contribution in [0.2, 0.25) is 0 Å². The number of hydrogen-bond acceptors (Lipinski definition) is 4. The van der Waals surface area contributed by atoms with Gasteiger partial charge in [0.15, 0.2) is 0 Å². The molecule has 1 atom stereocenters. The minimum absolute atomic E-state index is 0.162. The lowest BCUT2D eigenvalue weighted by molar-refractivity contribution is -0.119. The summed E-state index contributed by atoms with van der Waals surface area (Å²) in [7, 11) is 0. The molecule has 0 aliphatic rings. The van der Waals surface area contributed by atoms with Crippen LogP contribution in [0.5, 0.6) is 0 Å². The third-order valence-corrected chi connectivity index (χ3v) is 4.11. The van der Waals surface area contributed by atoms with E-state index >= 15 is 0 Å². The maximum Gasteiger partial charge on any atom is 0.319 e. The van der Waals surface area contributed by atoms with Gasteiger partial charge in [0.1, 0.15) is 6.04 Å². The highest BCUT2D eigenvalue weighted by Gasteiger charge is 2.24. The first kappa shape index (κ1) is 22.4. The number of rotatable bonds is 8. The molecule has 0 spiro atoms. The van der Waals surface area contributed by atoms with Crippen molar-refractivity contribution >= 4 is 35.1 Å². The molecule has 0 heterocycles. The predicted molar refractivity (Wildman–Crippen MR) is 114 cm³/mol. The van der Waals surface area contributed by atoms with Crippen molar-refractivity contribution in [1.82, 2.24) is 10.6 Å². The van der Waals surface area contributed by atoms with Crippen LogP contribution in [-0.4, -0.2) is 36.3 Å². The Hall–Kier alpha value is -3.88. The van der Waals surface area contributed by atoms with Crippen molar-refractivity contribution in [2.45, 2.75) is 19.9 Å². The first-order valence-electron chi connectivity index (χ1n) is 9.36. The number of para-hydroxylation sites is 1. The standard InChI is InChI=1S/C21H25N5O4/c1-13(2)18(26-21(30)25-15-6-4-3-5-7-15)20(29)24-16-10-8-14(9-11-16)19(28)23-12-17(22)27/h3-11,13,18H,12H2,1-2H3,(H2,22,27)(H,23,28)(H,24,29)(H2,25,26,30). The van der Waals surface area contributed by atoms with Crippen LogP contribution in [0.15, 0.2) is 54.6 Å². The van der Waals surface area contributed by atoms with Gasteiger partial charge in [0.25, 0.3) is 5.91 Å². The Morgan fingerprint density at radius 2 is 1.47 bits per heavy atom. The minimum Gasteiger partial charge on any atom is -0.368 e. The van der Waals surface area contributed by atoms with E-state index in [2.05, 4.69) is 21.3 Å². The van der Waals surface area contributed by atoms with Gasteiger partial charge in [0.2, 0.25) is 11.8 Å². The Balaban J connectivity index is 1.96. The molecule has 2 aromatic carbocycles.